The van der Waals surface area contributed by atoms with Crippen LogP contribution >= 0.6 is 11.8 Å². The van der Waals surface area contributed by atoms with Crippen molar-refractivity contribution in [1.82, 2.24) is 15.1 Å². The maximum Gasteiger partial charge on any atom is 0.276 e. The van der Waals surface area contributed by atoms with Gasteiger partial charge in [-0.25, -0.2) is 4.39 Å². The molecule has 1 aliphatic rings. The zero-order valence-electron chi connectivity index (χ0n) is 13.4. The molecule has 1 aliphatic heterocycles. The maximum absolute atomic E-state index is 13.7. The summed E-state index contributed by atoms with van der Waals surface area (Å²) in [6, 6.07) is 12.9. The Bertz CT molecular complexity index is 970. The van der Waals surface area contributed by atoms with Gasteiger partial charge in [-0.2, -0.15) is 0 Å². The van der Waals surface area contributed by atoms with Crippen LogP contribution in [0.2, 0.25) is 0 Å². The number of amides is 2. The SMILES string of the molecule is O=C1c2ccccc2C(=O)N1CCSc1nnc(-c2ccccc2F)o1. The highest BCUT2D eigenvalue weighted by molar-refractivity contribution is 7.99. The van der Waals surface area contributed by atoms with Gasteiger partial charge < -0.3 is 4.42 Å². The number of rotatable bonds is 5. The molecule has 0 bridgehead atoms. The third-order valence-electron chi connectivity index (χ3n) is 3.93. The van der Waals surface area contributed by atoms with E-state index in [2.05, 4.69) is 10.2 Å². The molecule has 0 saturated carbocycles. The minimum Gasteiger partial charge on any atom is -0.411 e. The molecular formula is C18H12FN3O3S. The fraction of sp³-hybridized carbons (Fsp3) is 0.111. The average Bonchev–Trinajstić information content (AvgIpc) is 3.21. The van der Waals surface area contributed by atoms with Gasteiger partial charge in [0.15, 0.2) is 0 Å². The van der Waals surface area contributed by atoms with Crippen LogP contribution in [0.15, 0.2) is 58.2 Å². The van der Waals surface area contributed by atoms with Crippen molar-refractivity contribution < 1.29 is 18.4 Å². The van der Waals surface area contributed by atoms with Crippen LogP contribution in [0.3, 0.4) is 0 Å². The summed E-state index contributed by atoms with van der Waals surface area (Å²) in [5.74, 6) is -0.567. The molecule has 2 amide bonds. The van der Waals surface area contributed by atoms with Crippen molar-refractivity contribution in [3.8, 4) is 11.5 Å². The lowest BCUT2D eigenvalue weighted by atomic mass is 10.1. The summed E-state index contributed by atoms with van der Waals surface area (Å²) in [5.41, 5.74) is 1.07. The second kappa shape index (κ2) is 6.72. The lowest BCUT2D eigenvalue weighted by Gasteiger charge is -2.12. The first-order valence-electron chi connectivity index (χ1n) is 7.81. The van der Waals surface area contributed by atoms with E-state index in [4.69, 9.17) is 4.42 Å². The second-order valence-corrected chi connectivity index (χ2v) is 6.56. The average molecular weight is 369 g/mol. The van der Waals surface area contributed by atoms with Crippen LogP contribution in [-0.2, 0) is 0 Å². The maximum atomic E-state index is 13.7. The molecule has 0 N–H and O–H groups in total. The number of aromatic nitrogens is 2. The van der Waals surface area contributed by atoms with Crippen molar-refractivity contribution in [3.05, 3.63) is 65.5 Å². The number of nitrogens with zero attached hydrogens (tertiary/aromatic N) is 3. The van der Waals surface area contributed by atoms with Crippen molar-refractivity contribution in [2.24, 2.45) is 0 Å². The van der Waals surface area contributed by atoms with E-state index in [9.17, 15) is 14.0 Å². The van der Waals surface area contributed by atoms with E-state index >= 15 is 0 Å². The van der Waals surface area contributed by atoms with Crippen molar-refractivity contribution in [2.75, 3.05) is 12.3 Å². The Morgan fingerprint density at radius 2 is 1.54 bits per heavy atom. The van der Waals surface area contributed by atoms with E-state index in [1.807, 2.05) is 0 Å². The lowest BCUT2D eigenvalue weighted by molar-refractivity contribution is 0.0664. The molecule has 8 heteroatoms. The van der Waals surface area contributed by atoms with Gasteiger partial charge in [0.05, 0.1) is 16.7 Å². The van der Waals surface area contributed by atoms with Gasteiger partial charge in [0.25, 0.3) is 22.9 Å². The summed E-state index contributed by atoms with van der Waals surface area (Å²) >= 11 is 1.20. The summed E-state index contributed by atoms with van der Waals surface area (Å²) < 4.78 is 19.2. The van der Waals surface area contributed by atoms with Crippen LogP contribution in [0.1, 0.15) is 20.7 Å². The van der Waals surface area contributed by atoms with Gasteiger partial charge in [-0.1, -0.05) is 36.0 Å². The third kappa shape index (κ3) is 2.88. The number of halogens is 1. The van der Waals surface area contributed by atoms with Crippen molar-refractivity contribution in [1.29, 1.82) is 0 Å². The molecule has 2 heterocycles. The van der Waals surface area contributed by atoms with Crippen LogP contribution < -0.4 is 0 Å². The quantitative estimate of drug-likeness (QED) is 0.507. The molecular weight excluding hydrogens is 357 g/mol. The van der Waals surface area contributed by atoms with E-state index < -0.39 is 5.82 Å². The minimum absolute atomic E-state index is 0.0892. The number of imide groups is 1. The Kier molecular flexibility index (Phi) is 4.26. The van der Waals surface area contributed by atoms with E-state index in [-0.39, 0.29) is 35.0 Å². The standard InChI is InChI=1S/C18H12FN3O3S/c19-14-8-4-3-7-13(14)15-20-21-18(25-15)26-10-9-22-16(23)11-5-1-2-6-12(11)17(22)24/h1-8H,9-10H2. The molecule has 0 spiro atoms. The highest BCUT2D eigenvalue weighted by atomic mass is 32.2. The molecule has 0 radical (unpaired) electrons. The number of carbonyl (C=O) groups excluding carboxylic acids is 2. The Labute approximate surface area is 152 Å². The van der Waals surface area contributed by atoms with Gasteiger partial charge in [-0.05, 0) is 24.3 Å². The van der Waals surface area contributed by atoms with E-state index in [1.54, 1.807) is 42.5 Å². The molecule has 6 nitrogen and oxygen atoms in total. The monoisotopic (exact) mass is 369 g/mol. The van der Waals surface area contributed by atoms with E-state index in [0.717, 1.165) is 0 Å². The molecule has 0 atom stereocenters. The fourth-order valence-electron chi connectivity index (χ4n) is 2.68. The molecule has 130 valence electrons. The largest absolute Gasteiger partial charge is 0.411 e. The van der Waals surface area contributed by atoms with E-state index in [0.29, 0.717) is 16.9 Å². The first kappa shape index (κ1) is 16.5. The minimum atomic E-state index is -0.446. The molecule has 1 aromatic heterocycles. The summed E-state index contributed by atoms with van der Waals surface area (Å²) in [6.45, 7) is 0.217. The van der Waals surface area contributed by atoms with Crippen LogP contribution in [0.25, 0.3) is 11.5 Å². The highest BCUT2D eigenvalue weighted by Crippen LogP contribution is 2.26. The summed E-state index contributed by atoms with van der Waals surface area (Å²) in [6.07, 6.45) is 0. The molecule has 0 saturated heterocycles. The van der Waals surface area contributed by atoms with Gasteiger partial charge >= 0.3 is 0 Å². The molecule has 0 fully saturated rings. The first-order valence-corrected chi connectivity index (χ1v) is 8.80. The summed E-state index contributed by atoms with van der Waals surface area (Å²) in [4.78, 5) is 25.8. The lowest BCUT2D eigenvalue weighted by Crippen LogP contribution is -2.31. The number of hydrogen-bond donors (Lipinski definition) is 0. The Morgan fingerprint density at radius 1 is 0.923 bits per heavy atom. The van der Waals surface area contributed by atoms with Crippen LogP contribution in [0.4, 0.5) is 4.39 Å². The Hall–Kier alpha value is -3.00. The predicted octanol–water partition coefficient (Wildman–Crippen LogP) is 3.26. The Balaban J connectivity index is 1.40. The van der Waals surface area contributed by atoms with Gasteiger partial charge in [0.1, 0.15) is 5.82 Å². The van der Waals surface area contributed by atoms with Crippen molar-refractivity contribution in [2.45, 2.75) is 5.22 Å². The Morgan fingerprint density at radius 3 is 2.19 bits per heavy atom. The van der Waals surface area contributed by atoms with Gasteiger partial charge in [0, 0.05) is 12.3 Å². The number of thioether (sulfide) groups is 1. The molecule has 26 heavy (non-hydrogen) atoms. The van der Waals surface area contributed by atoms with Crippen LogP contribution in [0.5, 0.6) is 0 Å². The number of carbonyl (C=O) groups is 2. The van der Waals surface area contributed by atoms with Crippen molar-refractivity contribution in [3.63, 3.8) is 0 Å². The van der Waals surface area contributed by atoms with Gasteiger partial charge in [-0.15, -0.1) is 10.2 Å². The van der Waals surface area contributed by atoms with Gasteiger partial charge in [-0.3, -0.25) is 14.5 Å². The molecule has 4 rings (SSSR count). The van der Waals surface area contributed by atoms with Crippen LogP contribution in [0, 0.1) is 5.82 Å². The van der Waals surface area contributed by atoms with Gasteiger partial charge in [0.2, 0.25) is 0 Å². The molecule has 2 aromatic carbocycles. The highest BCUT2D eigenvalue weighted by Gasteiger charge is 2.34. The predicted molar refractivity (Wildman–Crippen MR) is 92.2 cm³/mol. The number of benzene rings is 2. The second-order valence-electron chi connectivity index (χ2n) is 5.51. The summed E-state index contributed by atoms with van der Waals surface area (Å²) in [5, 5.41) is 7.95. The third-order valence-corrected chi connectivity index (χ3v) is 4.73. The van der Waals surface area contributed by atoms with Crippen LogP contribution in [-0.4, -0.2) is 39.2 Å². The topological polar surface area (TPSA) is 76.3 Å². The van der Waals surface area contributed by atoms with Crippen molar-refractivity contribution >= 4 is 23.6 Å². The molecule has 3 aromatic rings. The molecule has 0 unspecified atom stereocenters. The first-order chi connectivity index (χ1) is 12.6. The smallest absolute Gasteiger partial charge is 0.276 e. The normalized spacial score (nSPS) is 13.3. The number of fused-ring (bicyclic) bond motifs is 1. The fourth-order valence-corrected chi connectivity index (χ4v) is 3.36. The zero-order valence-corrected chi connectivity index (χ0v) is 14.2. The zero-order chi connectivity index (χ0) is 18.1. The molecule has 0 aliphatic carbocycles. The van der Waals surface area contributed by atoms with E-state index in [1.165, 1.54) is 22.7 Å². The number of hydrogen-bond acceptors (Lipinski definition) is 6. The summed E-state index contributed by atoms with van der Waals surface area (Å²) in [7, 11) is 0.